The Bertz CT molecular complexity index is 1040. The zero-order chi connectivity index (χ0) is 25.2. The van der Waals surface area contributed by atoms with Crippen LogP contribution in [0.2, 0.25) is 0 Å². The summed E-state index contributed by atoms with van der Waals surface area (Å²) in [4.78, 5) is 39.8. The minimum Gasteiger partial charge on any atom is -0.491 e. The van der Waals surface area contributed by atoms with Gasteiger partial charge in [0, 0.05) is 22.5 Å². The molecule has 1 aromatic rings. The number of esters is 2. The summed E-state index contributed by atoms with van der Waals surface area (Å²) in [5, 5.41) is 3.28. The molecule has 0 amide bonds. The summed E-state index contributed by atoms with van der Waals surface area (Å²) in [5.41, 5.74) is 2.79. The van der Waals surface area contributed by atoms with Gasteiger partial charge in [0.25, 0.3) is 0 Å². The number of ketones is 1. The monoisotopic (exact) mass is 469 g/mol. The highest BCUT2D eigenvalue weighted by Crippen LogP contribution is 2.47. The zero-order valence-electron chi connectivity index (χ0n) is 21.1. The lowest BCUT2D eigenvalue weighted by Crippen LogP contribution is -2.43. The minimum atomic E-state index is -0.934. The molecule has 0 saturated heterocycles. The molecule has 1 N–H and O–H groups in total. The molecule has 0 unspecified atom stereocenters. The fraction of sp³-hybridized carbons (Fsp3) is 0.519. The van der Waals surface area contributed by atoms with Gasteiger partial charge >= 0.3 is 11.9 Å². The molecule has 0 spiro atoms. The van der Waals surface area contributed by atoms with E-state index in [0.717, 1.165) is 5.70 Å². The highest BCUT2D eigenvalue weighted by molar-refractivity contribution is 6.12. The third-order valence-corrected chi connectivity index (χ3v) is 6.44. The van der Waals surface area contributed by atoms with Gasteiger partial charge in [0.1, 0.15) is 11.7 Å². The first-order chi connectivity index (χ1) is 16.1. The van der Waals surface area contributed by atoms with Gasteiger partial charge < -0.3 is 19.5 Å². The number of Topliss-reactive ketones (excluding diaryl/α,β-unsaturated/α-hetero) is 1. The summed E-state index contributed by atoms with van der Waals surface area (Å²) in [6.45, 7) is 11.3. The van der Waals surface area contributed by atoms with Crippen molar-refractivity contribution in [2.24, 2.45) is 11.8 Å². The number of benzene rings is 1. The predicted molar refractivity (Wildman–Crippen MR) is 128 cm³/mol. The number of carbonyl (C=O) groups excluding carboxylic acids is 3. The lowest BCUT2D eigenvalue weighted by molar-refractivity contribution is -0.151. The van der Waals surface area contributed by atoms with Gasteiger partial charge in [-0.05, 0) is 52.5 Å². The SMILES string of the molecule is CC[C@@H](C)OC(=O)C1=C(C)NC2=C(C(=O)[C@@H](C(=O)OC)[C@@H](C)C2)[C@@H]1c1ccccc1OC(C)C. The van der Waals surface area contributed by atoms with E-state index in [2.05, 4.69) is 5.32 Å². The van der Waals surface area contributed by atoms with E-state index in [-0.39, 0.29) is 23.9 Å². The Morgan fingerprint density at radius 3 is 2.47 bits per heavy atom. The predicted octanol–water partition coefficient (Wildman–Crippen LogP) is 4.43. The molecule has 1 aliphatic carbocycles. The van der Waals surface area contributed by atoms with Crippen LogP contribution in [0.25, 0.3) is 0 Å². The maximum Gasteiger partial charge on any atom is 0.337 e. The largest absolute Gasteiger partial charge is 0.491 e. The first-order valence-corrected chi connectivity index (χ1v) is 11.9. The van der Waals surface area contributed by atoms with Crippen molar-refractivity contribution >= 4 is 17.7 Å². The van der Waals surface area contributed by atoms with Crippen LogP contribution in [0.4, 0.5) is 0 Å². The molecule has 1 aliphatic heterocycles. The van der Waals surface area contributed by atoms with Crippen LogP contribution in [0, 0.1) is 11.8 Å². The van der Waals surface area contributed by atoms with Crippen molar-refractivity contribution in [2.45, 2.75) is 72.5 Å². The molecule has 0 saturated carbocycles. The second-order valence-electron chi connectivity index (χ2n) is 9.36. The molecule has 2 aliphatic rings. The fourth-order valence-electron chi connectivity index (χ4n) is 4.67. The second-order valence-corrected chi connectivity index (χ2v) is 9.36. The number of para-hydroxylation sites is 1. The molecule has 1 aromatic carbocycles. The number of carbonyl (C=O) groups is 3. The van der Waals surface area contributed by atoms with E-state index in [0.29, 0.717) is 41.0 Å². The molecule has 0 bridgehead atoms. The van der Waals surface area contributed by atoms with E-state index in [4.69, 9.17) is 14.2 Å². The van der Waals surface area contributed by atoms with E-state index in [9.17, 15) is 14.4 Å². The number of methoxy groups -OCH3 is 1. The molecule has 0 aromatic heterocycles. The van der Waals surface area contributed by atoms with Crippen LogP contribution in [-0.2, 0) is 23.9 Å². The van der Waals surface area contributed by atoms with Gasteiger partial charge in [-0.3, -0.25) is 9.59 Å². The van der Waals surface area contributed by atoms with E-state index in [1.54, 1.807) is 0 Å². The van der Waals surface area contributed by atoms with Gasteiger partial charge in [-0.2, -0.15) is 0 Å². The highest BCUT2D eigenvalue weighted by atomic mass is 16.5. The molecule has 3 rings (SSSR count). The molecule has 1 heterocycles. The average Bonchev–Trinajstić information content (AvgIpc) is 2.77. The number of ether oxygens (including phenoxy) is 3. The van der Waals surface area contributed by atoms with Gasteiger partial charge in [-0.15, -0.1) is 0 Å². The Morgan fingerprint density at radius 2 is 1.85 bits per heavy atom. The van der Waals surface area contributed by atoms with Crippen LogP contribution in [-0.4, -0.2) is 37.0 Å². The van der Waals surface area contributed by atoms with Crippen molar-refractivity contribution in [1.82, 2.24) is 5.32 Å². The first kappa shape index (κ1) is 25.5. The van der Waals surface area contributed by atoms with Gasteiger partial charge in [0.2, 0.25) is 0 Å². The highest BCUT2D eigenvalue weighted by Gasteiger charge is 2.48. The first-order valence-electron chi connectivity index (χ1n) is 11.9. The molecule has 0 fully saturated rings. The van der Waals surface area contributed by atoms with Gasteiger partial charge in [0.15, 0.2) is 5.78 Å². The Hall–Kier alpha value is -3.09. The number of dihydropyridines is 1. The molecular weight excluding hydrogens is 434 g/mol. The summed E-state index contributed by atoms with van der Waals surface area (Å²) in [7, 11) is 1.29. The Morgan fingerprint density at radius 1 is 1.18 bits per heavy atom. The van der Waals surface area contributed by atoms with Crippen LogP contribution >= 0.6 is 0 Å². The maximum absolute atomic E-state index is 13.8. The zero-order valence-corrected chi connectivity index (χ0v) is 21.1. The number of hydrogen-bond donors (Lipinski definition) is 1. The summed E-state index contributed by atoms with van der Waals surface area (Å²) in [6.07, 6.45) is 0.755. The standard InChI is InChI=1S/C27H35NO6/c1-8-16(5)34-27(31)22-17(6)28-19-13-15(4)21(26(30)32-7)25(29)24(19)23(22)18-11-9-10-12-20(18)33-14(2)3/h9-12,14-16,21,23,28H,8,13H2,1-7H3/t15-,16+,21-,23+/m0/s1. The van der Waals surface area contributed by atoms with Crippen LogP contribution in [0.15, 0.2) is 46.8 Å². The van der Waals surface area contributed by atoms with Gasteiger partial charge in [0.05, 0.1) is 30.8 Å². The van der Waals surface area contributed by atoms with Crippen molar-refractivity contribution in [3.05, 3.63) is 52.4 Å². The lowest BCUT2D eigenvalue weighted by atomic mass is 9.69. The third-order valence-electron chi connectivity index (χ3n) is 6.44. The number of nitrogens with one attached hydrogen (secondary N) is 1. The van der Waals surface area contributed by atoms with Crippen molar-refractivity contribution in [1.29, 1.82) is 0 Å². The lowest BCUT2D eigenvalue weighted by Gasteiger charge is -2.38. The van der Waals surface area contributed by atoms with Crippen molar-refractivity contribution < 1.29 is 28.6 Å². The topological polar surface area (TPSA) is 90.9 Å². The quantitative estimate of drug-likeness (QED) is 0.467. The molecule has 34 heavy (non-hydrogen) atoms. The number of allylic oxidation sites excluding steroid dienone is 3. The molecule has 0 radical (unpaired) electrons. The Balaban J connectivity index is 2.22. The third kappa shape index (κ3) is 4.88. The summed E-state index contributed by atoms with van der Waals surface area (Å²) in [5.74, 6) is -2.71. The summed E-state index contributed by atoms with van der Waals surface area (Å²) in [6, 6.07) is 7.40. The molecule has 4 atom stereocenters. The maximum atomic E-state index is 13.8. The smallest absolute Gasteiger partial charge is 0.337 e. The molecule has 7 nitrogen and oxygen atoms in total. The average molecular weight is 470 g/mol. The minimum absolute atomic E-state index is 0.109. The number of rotatable bonds is 7. The number of hydrogen-bond acceptors (Lipinski definition) is 7. The Labute approximate surface area is 201 Å². The molecule has 184 valence electrons. The van der Waals surface area contributed by atoms with Crippen LogP contribution in [0.1, 0.15) is 65.9 Å². The van der Waals surface area contributed by atoms with Crippen LogP contribution in [0.3, 0.4) is 0 Å². The fourth-order valence-corrected chi connectivity index (χ4v) is 4.67. The van der Waals surface area contributed by atoms with E-state index >= 15 is 0 Å². The van der Waals surface area contributed by atoms with Crippen molar-refractivity contribution in [3.63, 3.8) is 0 Å². The van der Waals surface area contributed by atoms with Crippen LogP contribution in [0.5, 0.6) is 5.75 Å². The molecule has 7 heteroatoms. The summed E-state index contributed by atoms with van der Waals surface area (Å²) >= 11 is 0. The van der Waals surface area contributed by atoms with Crippen molar-refractivity contribution in [2.75, 3.05) is 7.11 Å². The van der Waals surface area contributed by atoms with E-state index < -0.39 is 23.8 Å². The Kier molecular flexibility index (Phi) is 7.85. The molecular formula is C27H35NO6. The van der Waals surface area contributed by atoms with E-state index in [1.165, 1.54) is 7.11 Å². The van der Waals surface area contributed by atoms with Crippen molar-refractivity contribution in [3.8, 4) is 5.75 Å². The normalized spacial score (nSPS) is 23.3. The van der Waals surface area contributed by atoms with Crippen LogP contribution < -0.4 is 10.1 Å². The van der Waals surface area contributed by atoms with E-state index in [1.807, 2.05) is 65.8 Å². The second kappa shape index (κ2) is 10.5. The van der Waals surface area contributed by atoms with Gasteiger partial charge in [-0.25, -0.2) is 4.79 Å². The summed E-state index contributed by atoms with van der Waals surface area (Å²) < 4.78 is 16.7. The van der Waals surface area contributed by atoms with Gasteiger partial charge in [-0.1, -0.05) is 32.0 Å².